The number of carbonyl (C=O) groups is 1. The first-order valence-electron chi connectivity index (χ1n) is 17.5. The Bertz CT molecular complexity index is 1700. The number of pyridine rings is 1. The van der Waals surface area contributed by atoms with Crippen LogP contribution < -0.4 is 0 Å². The van der Waals surface area contributed by atoms with Crippen LogP contribution in [0.1, 0.15) is 78.7 Å². The minimum Gasteiger partial charge on any atom is -0.512 e. The Balaban J connectivity index is 0.000000347. The third-order valence-corrected chi connectivity index (χ3v) is 9.09. The Morgan fingerprint density at radius 1 is 0.694 bits per heavy atom. The molecule has 1 heterocycles. The molecule has 5 rings (SSSR count). The first kappa shape index (κ1) is 39.4. The number of rotatable bonds is 12. The van der Waals surface area contributed by atoms with Gasteiger partial charge in [0, 0.05) is 45.2 Å². The summed E-state index contributed by atoms with van der Waals surface area (Å²) in [5.74, 6) is 0.931. The molecule has 1 aromatic heterocycles. The summed E-state index contributed by atoms with van der Waals surface area (Å²) in [5.41, 5.74) is 10.6. The van der Waals surface area contributed by atoms with Gasteiger partial charge in [0.25, 0.3) is 0 Å². The van der Waals surface area contributed by atoms with Crippen LogP contribution in [0.3, 0.4) is 0 Å². The maximum atomic E-state index is 11.7. The predicted molar refractivity (Wildman–Crippen MR) is 203 cm³/mol. The van der Waals surface area contributed by atoms with Gasteiger partial charge < -0.3 is 10.1 Å². The van der Waals surface area contributed by atoms with Crippen molar-refractivity contribution in [2.45, 2.75) is 73.1 Å². The van der Waals surface area contributed by atoms with E-state index in [9.17, 15) is 9.90 Å². The van der Waals surface area contributed by atoms with Gasteiger partial charge in [-0.25, -0.2) is 0 Å². The Kier molecular flexibility index (Phi) is 15.9. The normalized spacial score (nSPS) is 11.2. The molecule has 0 amide bonds. The molecule has 0 unspecified atom stereocenters. The summed E-state index contributed by atoms with van der Waals surface area (Å²) in [6.45, 7) is 12.6. The largest absolute Gasteiger partial charge is 0.512 e. The van der Waals surface area contributed by atoms with Crippen LogP contribution in [-0.2, 0) is 25.9 Å². The molecule has 0 saturated carbocycles. The third-order valence-electron chi connectivity index (χ3n) is 9.09. The molecule has 0 aliphatic heterocycles. The van der Waals surface area contributed by atoms with E-state index in [0.29, 0.717) is 5.92 Å². The monoisotopic (exact) mass is 831 g/mol. The van der Waals surface area contributed by atoms with E-state index in [4.69, 9.17) is 0 Å². The van der Waals surface area contributed by atoms with Crippen molar-refractivity contribution >= 4 is 5.78 Å². The number of carbonyl (C=O) groups excluding carboxylic acids is 1. The third kappa shape index (κ3) is 10.7. The molecular weight excluding hydrogens is 782 g/mol. The molecule has 0 spiro atoms. The van der Waals surface area contributed by atoms with Gasteiger partial charge in [0.05, 0.1) is 5.76 Å². The molecule has 0 fully saturated rings. The van der Waals surface area contributed by atoms with Gasteiger partial charge >= 0.3 is 0 Å². The van der Waals surface area contributed by atoms with Crippen molar-refractivity contribution in [3.05, 3.63) is 139 Å². The van der Waals surface area contributed by atoms with Gasteiger partial charge in [-0.05, 0) is 83.5 Å². The molecule has 0 aliphatic carbocycles. The zero-order valence-electron chi connectivity index (χ0n) is 29.7. The van der Waals surface area contributed by atoms with Gasteiger partial charge in [0.15, 0.2) is 5.78 Å². The summed E-state index contributed by atoms with van der Waals surface area (Å²) >= 11 is 0. The van der Waals surface area contributed by atoms with Crippen LogP contribution in [-0.4, -0.2) is 15.9 Å². The van der Waals surface area contributed by atoms with Gasteiger partial charge in [-0.15, -0.1) is 29.3 Å². The van der Waals surface area contributed by atoms with Crippen LogP contribution in [0.25, 0.3) is 44.6 Å². The molecular formula is C45H50NO2Pt-. The van der Waals surface area contributed by atoms with Crippen molar-refractivity contribution in [2.24, 2.45) is 11.8 Å². The SMILES string of the molecule is CC(C)c1c[c-]c(-c2ccccn2)cc1-c1cc(-c2ccccc2)cc(-c2ccccc2)c1.CCC(CC)C(=O)/C=C(\O)C(CC)CC.[Pt]. The molecule has 0 saturated heterocycles. The van der Waals surface area contributed by atoms with Crippen LogP contribution in [0.15, 0.2) is 127 Å². The topological polar surface area (TPSA) is 50.2 Å². The second-order valence-corrected chi connectivity index (χ2v) is 12.6. The Morgan fingerprint density at radius 2 is 1.20 bits per heavy atom. The number of hydrogen-bond donors (Lipinski definition) is 1. The zero-order chi connectivity index (χ0) is 34.5. The van der Waals surface area contributed by atoms with Crippen LogP contribution in [0.2, 0.25) is 0 Å². The van der Waals surface area contributed by atoms with E-state index in [1.807, 2.05) is 52.1 Å². The van der Waals surface area contributed by atoms with Gasteiger partial charge in [0.2, 0.25) is 0 Å². The fourth-order valence-electron chi connectivity index (χ4n) is 6.06. The first-order valence-corrected chi connectivity index (χ1v) is 17.5. The summed E-state index contributed by atoms with van der Waals surface area (Å²) in [7, 11) is 0. The molecule has 49 heavy (non-hydrogen) atoms. The quantitative estimate of drug-likeness (QED) is 0.0774. The maximum absolute atomic E-state index is 11.7. The maximum Gasteiger partial charge on any atom is 0.162 e. The number of benzene rings is 4. The molecule has 5 aromatic rings. The van der Waals surface area contributed by atoms with Crippen LogP contribution in [0.5, 0.6) is 0 Å². The van der Waals surface area contributed by atoms with Crippen LogP contribution in [0, 0.1) is 17.9 Å². The van der Waals surface area contributed by atoms with Gasteiger partial charge in [-0.1, -0.05) is 126 Å². The number of allylic oxidation sites excluding steroid dienone is 2. The standard InChI is InChI=1S/C32H26N.C13H24O2.Pt/c1-23(2)30-17-16-26(32-15-9-10-18-33-32)22-31(30)29-20-27(24-11-5-3-6-12-24)19-28(21-29)25-13-7-4-8-14-25;1-5-10(6-2)12(14)9-13(15)11(7-3)8-4;/h3-15,17-23H,1-2H3;9-11,14H,5-8H2,1-4H3;/q-1;;/b;12-9-;. The second-order valence-electron chi connectivity index (χ2n) is 12.6. The first-order chi connectivity index (χ1) is 23.3. The molecule has 0 atom stereocenters. The van der Waals surface area contributed by atoms with Crippen molar-refractivity contribution in [3.8, 4) is 44.6 Å². The molecule has 3 nitrogen and oxygen atoms in total. The number of ketones is 1. The summed E-state index contributed by atoms with van der Waals surface area (Å²) in [4.78, 5) is 16.3. The van der Waals surface area contributed by atoms with Gasteiger partial charge in [-0.2, -0.15) is 0 Å². The molecule has 0 bridgehead atoms. The van der Waals surface area contributed by atoms with Gasteiger partial charge in [0.1, 0.15) is 0 Å². The second kappa shape index (κ2) is 19.8. The minimum absolute atomic E-state index is 0. The molecule has 0 aliphatic rings. The van der Waals surface area contributed by atoms with E-state index in [1.165, 1.54) is 45.0 Å². The van der Waals surface area contributed by atoms with E-state index >= 15 is 0 Å². The molecule has 0 radical (unpaired) electrons. The molecule has 258 valence electrons. The minimum atomic E-state index is 0. The van der Waals surface area contributed by atoms with Gasteiger partial charge in [-0.3, -0.25) is 4.79 Å². The van der Waals surface area contributed by atoms with Crippen molar-refractivity contribution in [1.29, 1.82) is 0 Å². The summed E-state index contributed by atoms with van der Waals surface area (Å²) < 4.78 is 0. The van der Waals surface area contributed by atoms with E-state index in [1.54, 1.807) is 0 Å². The summed E-state index contributed by atoms with van der Waals surface area (Å²) in [6.07, 6.45) is 6.74. The van der Waals surface area contributed by atoms with Crippen LogP contribution in [0.4, 0.5) is 0 Å². The molecule has 4 heteroatoms. The number of aromatic nitrogens is 1. The van der Waals surface area contributed by atoms with E-state index in [0.717, 1.165) is 36.9 Å². The van der Waals surface area contributed by atoms with Crippen molar-refractivity contribution in [3.63, 3.8) is 0 Å². The number of aliphatic hydroxyl groups is 1. The Hall–Kier alpha value is -4.07. The average molecular weight is 832 g/mol. The van der Waals surface area contributed by atoms with Crippen molar-refractivity contribution in [1.82, 2.24) is 4.98 Å². The zero-order valence-corrected chi connectivity index (χ0v) is 32.0. The van der Waals surface area contributed by atoms with Crippen LogP contribution >= 0.6 is 0 Å². The van der Waals surface area contributed by atoms with E-state index < -0.39 is 0 Å². The van der Waals surface area contributed by atoms with Crippen molar-refractivity contribution in [2.75, 3.05) is 0 Å². The number of aliphatic hydroxyl groups excluding tert-OH is 1. The van der Waals surface area contributed by atoms with Crippen molar-refractivity contribution < 1.29 is 31.0 Å². The predicted octanol–water partition coefficient (Wildman–Crippen LogP) is 12.5. The number of hydrogen-bond acceptors (Lipinski definition) is 3. The Labute approximate surface area is 308 Å². The average Bonchev–Trinajstić information content (AvgIpc) is 3.13. The smallest absolute Gasteiger partial charge is 0.162 e. The summed E-state index contributed by atoms with van der Waals surface area (Å²) in [6, 6.07) is 42.0. The Morgan fingerprint density at radius 3 is 1.67 bits per heavy atom. The fourth-order valence-corrected chi connectivity index (χ4v) is 6.06. The molecule has 1 N–H and O–H groups in total. The number of nitrogens with zero attached hydrogens (tertiary/aromatic N) is 1. The summed E-state index contributed by atoms with van der Waals surface area (Å²) in [5, 5.41) is 9.76. The van der Waals surface area contributed by atoms with E-state index in [2.05, 4.69) is 116 Å². The fraction of sp³-hybridized carbons (Fsp3) is 0.289. The molecule has 4 aromatic carbocycles. The van der Waals surface area contributed by atoms with E-state index in [-0.39, 0.29) is 44.4 Å².